The first-order valence-electron chi connectivity index (χ1n) is 6.09. The van der Waals surface area contributed by atoms with Crippen LogP contribution in [0.1, 0.15) is 34.6 Å². The predicted octanol–water partition coefficient (Wildman–Crippen LogP) is 2.70. The van der Waals surface area contributed by atoms with Gasteiger partial charge in [0.1, 0.15) is 0 Å². The molecule has 0 aliphatic rings. The van der Waals surface area contributed by atoms with Gasteiger partial charge in [0, 0.05) is 17.6 Å². The molecule has 2 rings (SSSR count). The van der Waals surface area contributed by atoms with Gasteiger partial charge in [0.15, 0.2) is 0 Å². The van der Waals surface area contributed by atoms with E-state index in [4.69, 9.17) is 0 Å². The topological polar surface area (TPSA) is 62.2 Å². The molecule has 1 aromatic carbocycles. The fourth-order valence-corrected chi connectivity index (χ4v) is 1.77. The molecule has 0 fully saturated rings. The number of carbonyl (C=O) groups is 1. The number of pyridine rings is 1. The molecule has 0 bridgehead atoms. The molecule has 1 aromatic heterocycles. The Labute approximate surface area is 112 Å². The van der Waals surface area contributed by atoms with E-state index in [0.29, 0.717) is 16.9 Å². The van der Waals surface area contributed by atoms with E-state index in [1.165, 1.54) is 0 Å². The summed E-state index contributed by atoms with van der Waals surface area (Å²) >= 11 is 0. The molecule has 19 heavy (non-hydrogen) atoms. The van der Waals surface area contributed by atoms with Gasteiger partial charge in [-0.05, 0) is 43.7 Å². The number of aryl methyl sites for hydroxylation is 1. The normalized spacial score (nSPS) is 11.9. The van der Waals surface area contributed by atoms with Gasteiger partial charge in [-0.1, -0.05) is 12.1 Å². The maximum absolute atomic E-state index is 12.1. The van der Waals surface area contributed by atoms with E-state index < -0.39 is 6.10 Å². The second kappa shape index (κ2) is 5.63. The van der Waals surface area contributed by atoms with Gasteiger partial charge < -0.3 is 10.4 Å². The highest BCUT2D eigenvalue weighted by Crippen LogP contribution is 2.16. The van der Waals surface area contributed by atoms with Crippen LogP contribution in [-0.2, 0) is 0 Å². The molecule has 0 aliphatic carbocycles. The molecule has 4 heteroatoms. The van der Waals surface area contributed by atoms with Crippen molar-refractivity contribution in [1.82, 2.24) is 4.98 Å². The molecule has 2 N–H and O–H groups in total. The van der Waals surface area contributed by atoms with Crippen LogP contribution in [0.2, 0.25) is 0 Å². The Morgan fingerprint density at radius 2 is 1.95 bits per heavy atom. The average molecular weight is 256 g/mol. The fourth-order valence-electron chi connectivity index (χ4n) is 1.77. The van der Waals surface area contributed by atoms with Crippen LogP contribution in [0.3, 0.4) is 0 Å². The van der Waals surface area contributed by atoms with Crippen molar-refractivity contribution in [2.75, 3.05) is 5.32 Å². The number of anilines is 1. The Hall–Kier alpha value is -2.20. The molecular weight excluding hydrogens is 240 g/mol. The molecule has 4 nitrogen and oxygen atoms in total. The minimum atomic E-state index is -0.509. The zero-order valence-corrected chi connectivity index (χ0v) is 10.9. The molecule has 1 atom stereocenters. The van der Waals surface area contributed by atoms with Crippen LogP contribution in [-0.4, -0.2) is 16.0 Å². The number of nitrogens with one attached hydrogen (secondary N) is 1. The van der Waals surface area contributed by atoms with Crippen molar-refractivity contribution in [1.29, 1.82) is 0 Å². The molecule has 1 unspecified atom stereocenters. The largest absolute Gasteiger partial charge is 0.389 e. The Morgan fingerprint density at radius 1 is 1.26 bits per heavy atom. The summed E-state index contributed by atoms with van der Waals surface area (Å²) in [5.74, 6) is -0.185. The number of nitrogens with zero attached hydrogens (tertiary/aromatic N) is 1. The smallest absolute Gasteiger partial charge is 0.257 e. The molecule has 2 aromatic rings. The summed E-state index contributed by atoms with van der Waals surface area (Å²) in [7, 11) is 0. The molecule has 0 aliphatic heterocycles. The number of hydrogen-bond acceptors (Lipinski definition) is 3. The van der Waals surface area contributed by atoms with Crippen molar-refractivity contribution in [3.8, 4) is 0 Å². The Bertz CT molecular complexity index is 577. The van der Waals surface area contributed by atoms with Gasteiger partial charge >= 0.3 is 0 Å². The van der Waals surface area contributed by atoms with Crippen LogP contribution in [0, 0.1) is 6.92 Å². The average Bonchev–Trinajstić information content (AvgIpc) is 2.39. The van der Waals surface area contributed by atoms with Crippen molar-refractivity contribution in [3.63, 3.8) is 0 Å². The van der Waals surface area contributed by atoms with Gasteiger partial charge in [-0.3, -0.25) is 9.78 Å². The Balaban J connectivity index is 2.13. The fraction of sp³-hybridized carbons (Fsp3) is 0.200. The zero-order chi connectivity index (χ0) is 13.8. The summed E-state index contributed by atoms with van der Waals surface area (Å²) in [5.41, 5.74) is 2.76. The summed E-state index contributed by atoms with van der Waals surface area (Å²) in [6, 6.07) is 10.6. The third kappa shape index (κ3) is 3.17. The SMILES string of the molecule is Cc1ncccc1C(=O)Nc1ccc(C(C)O)cc1. The van der Waals surface area contributed by atoms with Crippen LogP contribution >= 0.6 is 0 Å². The van der Waals surface area contributed by atoms with Crippen LogP contribution in [0.15, 0.2) is 42.6 Å². The third-order valence-corrected chi connectivity index (χ3v) is 2.90. The highest BCUT2D eigenvalue weighted by atomic mass is 16.3. The maximum atomic E-state index is 12.1. The van der Waals surface area contributed by atoms with Gasteiger partial charge in [0.2, 0.25) is 0 Å². The van der Waals surface area contributed by atoms with E-state index >= 15 is 0 Å². The second-order valence-electron chi connectivity index (χ2n) is 4.39. The van der Waals surface area contributed by atoms with E-state index in [0.717, 1.165) is 5.56 Å². The van der Waals surface area contributed by atoms with Crippen LogP contribution in [0.25, 0.3) is 0 Å². The monoisotopic (exact) mass is 256 g/mol. The molecule has 0 saturated heterocycles. The molecular formula is C15H16N2O2. The number of amides is 1. The van der Waals surface area contributed by atoms with E-state index in [2.05, 4.69) is 10.3 Å². The molecule has 1 amide bonds. The number of carbonyl (C=O) groups excluding carboxylic acids is 1. The van der Waals surface area contributed by atoms with Crippen molar-refractivity contribution >= 4 is 11.6 Å². The number of rotatable bonds is 3. The molecule has 0 saturated carbocycles. The highest BCUT2D eigenvalue weighted by Gasteiger charge is 2.09. The second-order valence-corrected chi connectivity index (χ2v) is 4.39. The highest BCUT2D eigenvalue weighted by molar-refractivity contribution is 6.04. The van der Waals surface area contributed by atoms with E-state index in [9.17, 15) is 9.90 Å². The first-order valence-corrected chi connectivity index (χ1v) is 6.09. The number of aliphatic hydroxyl groups excluding tert-OH is 1. The zero-order valence-electron chi connectivity index (χ0n) is 10.9. The summed E-state index contributed by atoms with van der Waals surface area (Å²) in [6.45, 7) is 3.50. The summed E-state index contributed by atoms with van der Waals surface area (Å²) in [5, 5.41) is 12.2. The standard InChI is InChI=1S/C15H16N2O2/c1-10-14(4-3-9-16-10)15(19)17-13-7-5-12(6-8-13)11(2)18/h3-9,11,18H,1-2H3,(H,17,19). The van der Waals surface area contributed by atoms with Gasteiger partial charge in [0.05, 0.1) is 11.7 Å². The summed E-state index contributed by atoms with van der Waals surface area (Å²) < 4.78 is 0. The number of aromatic nitrogens is 1. The van der Waals surface area contributed by atoms with E-state index in [1.54, 1.807) is 56.4 Å². The van der Waals surface area contributed by atoms with E-state index in [-0.39, 0.29) is 5.91 Å². The summed E-state index contributed by atoms with van der Waals surface area (Å²) in [4.78, 5) is 16.1. The molecule has 0 spiro atoms. The van der Waals surface area contributed by atoms with Gasteiger partial charge in [0.25, 0.3) is 5.91 Å². The quantitative estimate of drug-likeness (QED) is 0.887. The minimum Gasteiger partial charge on any atom is -0.389 e. The first-order chi connectivity index (χ1) is 9.08. The number of benzene rings is 1. The lowest BCUT2D eigenvalue weighted by molar-refractivity contribution is 0.102. The van der Waals surface area contributed by atoms with Crippen molar-refractivity contribution in [3.05, 3.63) is 59.4 Å². The van der Waals surface area contributed by atoms with Crippen molar-refractivity contribution < 1.29 is 9.90 Å². The molecule has 98 valence electrons. The number of hydrogen-bond donors (Lipinski definition) is 2. The van der Waals surface area contributed by atoms with Gasteiger partial charge in [-0.25, -0.2) is 0 Å². The summed E-state index contributed by atoms with van der Waals surface area (Å²) in [6.07, 6.45) is 1.15. The molecule has 0 radical (unpaired) electrons. The lowest BCUT2D eigenvalue weighted by atomic mass is 10.1. The van der Waals surface area contributed by atoms with Gasteiger partial charge in [-0.15, -0.1) is 0 Å². The Kier molecular flexibility index (Phi) is 3.92. The van der Waals surface area contributed by atoms with Crippen molar-refractivity contribution in [2.45, 2.75) is 20.0 Å². The minimum absolute atomic E-state index is 0.185. The number of aliphatic hydroxyl groups is 1. The van der Waals surface area contributed by atoms with Gasteiger partial charge in [-0.2, -0.15) is 0 Å². The van der Waals surface area contributed by atoms with Crippen LogP contribution in [0.4, 0.5) is 5.69 Å². The van der Waals surface area contributed by atoms with Crippen LogP contribution in [0.5, 0.6) is 0 Å². The molecule has 1 heterocycles. The maximum Gasteiger partial charge on any atom is 0.257 e. The lowest BCUT2D eigenvalue weighted by Gasteiger charge is -2.09. The van der Waals surface area contributed by atoms with E-state index in [1.807, 2.05) is 0 Å². The first kappa shape index (κ1) is 13.2. The Morgan fingerprint density at radius 3 is 2.53 bits per heavy atom. The lowest BCUT2D eigenvalue weighted by Crippen LogP contribution is -2.13. The predicted molar refractivity (Wildman–Crippen MR) is 74.0 cm³/mol. The van der Waals surface area contributed by atoms with Crippen LogP contribution < -0.4 is 5.32 Å². The third-order valence-electron chi connectivity index (χ3n) is 2.90. The van der Waals surface area contributed by atoms with Crippen molar-refractivity contribution in [2.24, 2.45) is 0 Å².